The highest BCUT2D eigenvalue weighted by Crippen LogP contribution is 2.42. The van der Waals surface area contributed by atoms with Crippen LogP contribution in [-0.2, 0) is 12.1 Å². The molecule has 1 aliphatic heterocycles. The number of hydrogen-bond donors (Lipinski definition) is 2. The molecule has 39 heavy (non-hydrogen) atoms. The van der Waals surface area contributed by atoms with E-state index in [0.29, 0.717) is 24.2 Å². The number of aromatic nitrogens is 2. The second-order valence-electron chi connectivity index (χ2n) is 12.4. The van der Waals surface area contributed by atoms with Crippen LogP contribution in [0.5, 0.6) is 0 Å². The van der Waals surface area contributed by atoms with Gasteiger partial charge in [0.25, 0.3) is 0 Å². The number of piperazine rings is 1. The Morgan fingerprint density at radius 1 is 1.03 bits per heavy atom. The average molecular weight is 531 g/mol. The first-order valence-corrected chi connectivity index (χ1v) is 15.3. The Kier molecular flexibility index (Phi) is 8.65. The number of rotatable bonds is 9. The Hall–Kier alpha value is -2.41. The molecule has 0 radical (unpaired) electrons. The van der Waals surface area contributed by atoms with Crippen LogP contribution in [0.1, 0.15) is 83.6 Å². The molecule has 6 nitrogen and oxygen atoms in total. The van der Waals surface area contributed by atoms with E-state index in [9.17, 15) is 0 Å². The van der Waals surface area contributed by atoms with Gasteiger partial charge in [0.1, 0.15) is 5.82 Å². The van der Waals surface area contributed by atoms with E-state index < -0.39 is 0 Å². The molecule has 2 heterocycles. The van der Waals surface area contributed by atoms with Gasteiger partial charge in [0.2, 0.25) is 0 Å². The largest absolute Gasteiger partial charge is 0.382 e. The third-order valence-electron chi connectivity index (χ3n) is 9.33. The summed E-state index contributed by atoms with van der Waals surface area (Å²) in [6.45, 7) is 12.3. The molecule has 0 amide bonds. The van der Waals surface area contributed by atoms with E-state index in [0.717, 1.165) is 50.8 Å². The predicted octanol–water partition coefficient (Wildman–Crippen LogP) is 6.39. The lowest BCUT2D eigenvalue weighted by molar-refractivity contribution is 0.0945. The van der Waals surface area contributed by atoms with E-state index in [1.54, 1.807) is 0 Å². The fraction of sp³-hybridized carbons (Fsp3) is 0.606. The van der Waals surface area contributed by atoms with E-state index in [1.807, 2.05) is 0 Å². The number of aryl methyl sites for hydroxylation is 1. The van der Waals surface area contributed by atoms with Crippen LogP contribution in [0.4, 0.5) is 5.69 Å². The maximum absolute atomic E-state index is 5.32. The van der Waals surface area contributed by atoms with Gasteiger partial charge in [0.15, 0.2) is 0 Å². The SMILES string of the molecule is CCC[C@H](c1nc2cc(NC3CCC(c4ccccc4)(N(C)C)CC3)ccc2n1CC)N1C[C@@H](C)N[C@@H](C)C1. The topological polar surface area (TPSA) is 48.4 Å². The molecule has 2 aromatic carbocycles. The Morgan fingerprint density at radius 2 is 1.72 bits per heavy atom. The molecule has 1 aliphatic carbocycles. The molecule has 2 N–H and O–H groups in total. The van der Waals surface area contributed by atoms with E-state index in [-0.39, 0.29) is 5.54 Å². The molecule has 5 rings (SSSR count). The summed E-state index contributed by atoms with van der Waals surface area (Å²) in [7, 11) is 4.48. The van der Waals surface area contributed by atoms with Crippen molar-refractivity contribution in [2.75, 3.05) is 32.5 Å². The van der Waals surface area contributed by atoms with Gasteiger partial charge in [-0.25, -0.2) is 4.98 Å². The van der Waals surface area contributed by atoms with Gasteiger partial charge in [-0.15, -0.1) is 0 Å². The highest BCUT2D eigenvalue weighted by Gasteiger charge is 2.38. The Balaban J connectivity index is 1.35. The summed E-state index contributed by atoms with van der Waals surface area (Å²) >= 11 is 0. The summed E-state index contributed by atoms with van der Waals surface area (Å²) in [4.78, 5) is 10.4. The average Bonchev–Trinajstić information content (AvgIpc) is 3.29. The molecule has 1 aromatic heterocycles. The van der Waals surface area contributed by atoms with Crippen LogP contribution in [0.3, 0.4) is 0 Å². The second-order valence-corrected chi connectivity index (χ2v) is 12.4. The fourth-order valence-corrected chi connectivity index (χ4v) is 7.41. The summed E-state index contributed by atoms with van der Waals surface area (Å²) in [5.74, 6) is 1.24. The zero-order valence-corrected chi connectivity index (χ0v) is 25.1. The van der Waals surface area contributed by atoms with Crippen molar-refractivity contribution in [3.63, 3.8) is 0 Å². The predicted molar refractivity (Wildman–Crippen MR) is 164 cm³/mol. The molecule has 0 bridgehead atoms. The molecule has 3 atom stereocenters. The lowest BCUT2D eigenvalue weighted by Gasteiger charge is -2.46. The van der Waals surface area contributed by atoms with Crippen molar-refractivity contribution in [1.82, 2.24) is 24.7 Å². The summed E-state index contributed by atoms with van der Waals surface area (Å²) in [5.41, 5.74) is 5.16. The first kappa shape index (κ1) is 28.1. The van der Waals surface area contributed by atoms with Crippen LogP contribution in [0.2, 0.25) is 0 Å². The minimum absolute atomic E-state index is 0.130. The van der Waals surface area contributed by atoms with Gasteiger partial charge in [-0.2, -0.15) is 0 Å². The second kappa shape index (κ2) is 12.0. The molecule has 0 unspecified atom stereocenters. The third-order valence-corrected chi connectivity index (χ3v) is 9.33. The van der Waals surface area contributed by atoms with E-state index in [4.69, 9.17) is 4.98 Å². The van der Waals surface area contributed by atoms with Crippen molar-refractivity contribution in [2.24, 2.45) is 0 Å². The van der Waals surface area contributed by atoms with Gasteiger partial charge < -0.3 is 15.2 Å². The van der Waals surface area contributed by atoms with Crippen LogP contribution in [-0.4, -0.2) is 64.7 Å². The quantitative estimate of drug-likeness (QED) is 0.336. The number of imidazole rings is 1. The van der Waals surface area contributed by atoms with Crippen LogP contribution < -0.4 is 10.6 Å². The van der Waals surface area contributed by atoms with Crippen molar-refractivity contribution in [2.45, 2.75) is 102 Å². The Bertz CT molecular complexity index is 1200. The fourth-order valence-electron chi connectivity index (χ4n) is 7.41. The number of fused-ring (bicyclic) bond motifs is 1. The van der Waals surface area contributed by atoms with E-state index >= 15 is 0 Å². The lowest BCUT2D eigenvalue weighted by Crippen LogP contribution is -2.55. The minimum atomic E-state index is 0.130. The van der Waals surface area contributed by atoms with Crippen molar-refractivity contribution >= 4 is 16.7 Å². The van der Waals surface area contributed by atoms with Gasteiger partial charge in [-0.3, -0.25) is 9.80 Å². The van der Waals surface area contributed by atoms with Crippen molar-refractivity contribution in [3.05, 3.63) is 59.9 Å². The molecule has 1 saturated heterocycles. The maximum Gasteiger partial charge on any atom is 0.127 e. The Morgan fingerprint density at radius 3 is 2.33 bits per heavy atom. The van der Waals surface area contributed by atoms with Gasteiger partial charge in [-0.05, 0) is 90.7 Å². The number of nitrogens with one attached hydrogen (secondary N) is 2. The zero-order valence-electron chi connectivity index (χ0n) is 25.1. The monoisotopic (exact) mass is 530 g/mol. The zero-order chi connectivity index (χ0) is 27.6. The van der Waals surface area contributed by atoms with E-state index in [2.05, 4.69) is 115 Å². The molecule has 2 aliphatic rings. The molecule has 2 fully saturated rings. The summed E-state index contributed by atoms with van der Waals surface area (Å²) < 4.78 is 2.46. The van der Waals surface area contributed by atoms with Gasteiger partial charge in [-0.1, -0.05) is 43.7 Å². The maximum atomic E-state index is 5.32. The van der Waals surface area contributed by atoms with Gasteiger partial charge >= 0.3 is 0 Å². The van der Waals surface area contributed by atoms with E-state index in [1.165, 1.54) is 35.4 Å². The lowest BCUT2D eigenvalue weighted by atomic mass is 9.74. The van der Waals surface area contributed by atoms with Crippen LogP contribution in [0, 0.1) is 0 Å². The smallest absolute Gasteiger partial charge is 0.127 e. The molecular formula is C33H50N6. The number of benzene rings is 2. The highest BCUT2D eigenvalue weighted by molar-refractivity contribution is 5.80. The molecule has 3 aromatic rings. The standard InChI is InChI=1S/C33H50N6/c1-7-12-31(38-22-24(3)34-25(4)23-38)32-36-29-21-28(15-16-30(29)39(32)8-2)35-27-17-19-33(20-18-27,37(5)6)26-13-10-9-11-14-26/h9-11,13-16,21,24-25,27,31,34-35H,7-8,12,17-20,22-23H2,1-6H3/t24-,25+,27?,31-,33?/m1/s1. The number of anilines is 1. The first-order valence-electron chi connectivity index (χ1n) is 15.3. The molecule has 6 heteroatoms. The molecular weight excluding hydrogens is 480 g/mol. The van der Waals surface area contributed by atoms with Gasteiger partial charge in [0.05, 0.1) is 17.1 Å². The third kappa shape index (κ3) is 5.75. The van der Waals surface area contributed by atoms with Crippen molar-refractivity contribution in [3.8, 4) is 0 Å². The van der Waals surface area contributed by atoms with Crippen molar-refractivity contribution in [1.29, 1.82) is 0 Å². The van der Waals surface area contributed by atoms with Crippen molar-refractivity contribution < 1.29 is 0 Å². The normalized spacial score (nSPS) is 27.2. The Labute approximate surface area is 236 Å². The number of hydrogen-bond acceptors (Lipinski definition) is 5. The highest BCUT2D eigenvalue weighted by atomic mass is 15.3. The minimum Gasteiger partial charge on any atom is -0.382 e. The molecule has 0 spiro atoms. The molecule has 212 valence electrons. The van der Waals surface area contributed by atoms with Crippen LogP contribution in [0.25, 0.3) is 11.0 Å². The van der Waals surface area contributed by atoms with Crippen LogP contribution >= 0.6 is 0 Å². The van der Waals surface area contributed by atoms with Crippen LogP contribution in [0.15, 0.2) is 48.5 Å². The summed E-state index contributed by atoms with van der Waals surface area (Å²) in [6, 6.07) is 19.8. The molecule has 1 saturated carbocycles. The first-order chi connectivity index (χ1) is 18.8. The number of nitrogens with zero attached hydrogens (tertiary/aromatic N) is 4. The van der Waals surface area contributed by atoms with Gasteiger partial charge in [0, 0.05) is 49.0 Å². The summed E-state index contributed by atoms with van der Waals surface area (Å²) in [6.07, 6.45) is 6.97. The summed E-state index contributed by atoms with van der Waals surface area (Å²) in [5, 5.41) is 7.59.